The van der Waals surface area contributed by atoms with Crippen LogP contribution in [0.1, 0.15) is 20.8 Å². The van der Waals surface area contributed by atoms with E-state index in [0.717, 1.165) is 10.7 Å². The van der Waals surface area contributed by atoms with Gasteiger partial charge in [-0.2, -0.15) is 0 Å². The normalized spacial score (nSPS) is 29.0. The van der Waals surface area contributed by atoms with Crippen molar-refractivity contribution in [1.82, 2.24) is 4.90 Å². The first-order chi connectivity index (χ1) is 9.95. The molecule has 6 heteroatoms. The minimum absolute atomic E-state index is 0.0403. The highest BCUT2D eigenvalue weighted by Crippen LogP contribution is 2.50. The predicted octanol–water partition coefficient (Wildman–Crippen LogP) is 1.54. The number of carbonyl (C=O) groups is 2. The number of aliphatic hydroxyl groups excluding tert-OH is 1. The van der Waals surface area contributed by atoms with Crippen molar-refractivity contribution in [2.45, 2.75) is 32.9 Å². The molecular weight excluding hydrogens is 290 g/mol. The van der Waals surface area contributed by atoms with E-state index < -0.39 is 18.0 Å². The third-order valence-electron chi connectivity index (χ3n) is 3.93. The Hall–Kier alpha value is -1.27. The van der Waals surface area contributed by atoms with E-state index in [0.29, 0.717) is 5.70 Å². The fourth-order valence-electron chi connectivity index (χ4n) is 3.06. The fraction of sp³-hybridized carbons (Fsp3) is 0.600. The average Bonchev–Trinajstić information content (AvgIpc) is 2.66. The van der Waals surface area contributed by atoms with Crippen molar-refractivity contribution < 1.29 is 19.4 Å². The summed E-state index contributed by atoms with van der Waals surface area (Å²) in [6, 6.07) is -0.141. The van der Waals surface area contributed by atoms with Gasteiger partial charge >= 0.3 is 5.97 Å². The van der Waals surface area contributed by atoms with Crippen LogP contribution in [0.4, 0.5) is 0 Å². The molecular formula is C15H21NO4S. The summed E-state index contributed by atoms with van der Waals surface area (Å²) in [6.07, 6.45) is 0.787. The topological polar surface area (TPSA) is 66.8 Å². The van der Waals surface area contributed by atoms with E-state index in [1.807, 2.05) is 13.8 Å². The van der Waals surface area contributed by atoms with Gasteiger partial charge in [-0.3, -0.25) is 4.79 Å². The smallest absolute Gasteiger partial charge is 0.356 e. The van der Waals surface area contributed by atoms with E-state index >= 15 is 0 Å². The molecule has 0 saturated carbocycles. The molecule has 2 aliphatic rings. The van der Waals surface area contributed by atoms with Crippen molar-refractivity contribution in [3.05, 3.63) is 23.3 Å². The van der Waals surface area contributed by atoms with Crippen LogP contribution in [0.15, 0.2) is 23.3 Å². The molecule has 21 heavy (non-hydrogen) atoms. The molecule has 0 spiro atoms. The molecule has 2 heterocycles. The van der Waals surface area contributed by atoms with Crippen molar-refractivity contribution in [3.63, 3.8) is 0 Å². The van der Waals surface area contributed by atoms with E-state index in [2.05, 4.69) is 6.58 Å². The molecule has 0 aromatic heterocycles. The van der Waals surface area contributed by atoms with E-state index in [-0.39, 0.29) is 24.5 Å². The summed E-state index contributed by atoms with van der Waals surface area (Å²) < 4.78 is 5.11. The summed E-state index contributed by atoms with van der Waals surface area (Å²) in [5.74, 6) is -0.265. The van der Waals surface area contributed by atoms with E-state index in [1.54, 1.807) is 18.7 Å². The van der Waals surface area contributed by atoms with Crippen molar-refractivity contribution in [1.29, 1.82) is 0 Å². The second kappa shape index (κ2) is 6.23. The number of fused-ring (bicyclic) bond motifs is 1. The summed E-state index contributed by atoms with van der Waals surface area (Å²) in [7, 11) is 0. The SMILES string of the molecule is C=CCOC(=O)C1=C(SCC)[C@H](C)[C@@H]2[C@@H]([C@H](C)O)C(=O)N12. The molecule has 0 aromatic rings. The Morgan fingerprint density at radius 2 is 2.29 bits per heavy atom. The number of nitrogens with zero attached hydrogens (tertiary/aromatic N) is 1. The average molecular weight is 311 g/mol. The summed E-state index contributed by atoms with van der Waals surface area (Å²) in [4.78, 5) is 26.9. The number of amides is 1. The molecule has 2 aliphatic heterocycles. The molecule has 1 amide bonds. The maximum Gasteiger partial charge on any atom is 0.356 e. The van der Waals surface area contributed by atoms with Crippen LogP contribution in [-0.2, 0) is 14.3 Å². The highest BCUT2D eigenvalue weighted by atomic mass is 32.2. The summed E-state index contributed by atoms with van der Waals surface area (Å²) in [5.41, 5.74) is 0.350. The minimum atomic E-state index is -0.711. The van der Waals surface area contributed by atoms with Gasteiger partial charge in [-0.1, -0.05) is 26.5 Å². The second-order valence-corrected chi connectivity index (χ2v) is 6.59. The lowest BCUT2D eigenvalue weighted by atomic mass is 9.79. The van der Waals surface area contributed by atoms with Gasteiger partial charge in [0.25, 0.3) is 0 Å². The molecule has 4 atom stereocenters. The first kappa shape index (κ1) is 16.1. The van der Waals surface area contributed by atoms with Crippen LogP contribution in [-0.4, -0.2) is 46.4 Å². The maximum absolute atomic E-state index is 12.3. The number of aliphatic hydroxyl groups is 1. The molecule has 0 radical (unpaired) electrons. The van der Waals surface area contributed by atoms with Crippen molar-refractivity contribution in [2.24, 2.45) is 11.8 Å². The van der Waals surface area contributed by atoms with Crippen LogP contribution >= 0.6 is 11.8 Å². The van der Waals surface area contributed by atoms with Crippen LogP contribution in [0.3, 0.4) is 0 Å². The zero-order valence-electron chi connectivity index (χ0n) is 12.5. The van der Waals surface area contributed by atoms with Gasteiger partial charge in [-0.25, -0.2) is 4.79 Å². The maximum atomic E-state index is 12.3. The minimum Gasteiger partial charge on any atom is -0.457 e. The van der Waals surface area contributed by atoms with Crippen molar-refractivity contribution >= 4 is 23.6 Å². The first-order valence-electron chi connectivity index (χ1n) is 7.11. The monoisotopic (exact) mass is 311 g/mol. The van der Waals surface area contributed by atoms with Crippen molar-refractivity contribution in [2.75, 3.05) is 12.4 Å². The van der Waals surface area contributed by atoms with Crippen LogP contribution in [0.5, 0.6) is 0 Å². The summed E-state index contributed by atoms with van der Waals surface area (Å²) in [5, 5.41) is 9.79. The van der Waals surface area contributed by atoms with Crippen LogP contribution < -0.4 is 0 Å². The second-order valence-electron chi connectivity index (χ2n) is 5.29. The van der Waals surface area contributed by atoms with E-state index in [1.165, 1.54) is 11.0 Å². The van der Waals surface area contributed by atoms with Gasteiger partial charge in [-0.15, -0.1) is 11.8 Å². The number of rotatable bonds is 6. The third kappa shape index (κ3) is 2.51. The molecule has 116 valence electrons. The summed E-state index contributed by atoms with van der Waals surface area (Å²) >= 11 is 1.56. The lowest BCUT2D eigenvalue weighted by molar-refractivity contribution is -0.164. The molecule has 0 aliphatic carbocycles. The van der Waals surface area contributed by atoms with E-state index in [9.17, 15) is 14.7 Å². The number of hydrogen-bond acceptors (Lipinski definition) is 5. The molecule has 2 rings (SSSR count). The molecule has 1 saturated heterocycles. The number of thioether (sulfide) groups is 1. The van der Waals surface area contributed by atoms with Gasteiger partial charge in [0.1, 0.15) is 12.3 Å². The van der Waals surface area contributed by atoms with Gasteiger partial charge < -0.3 is 14.7 Å². The number of carbonyl (C=O) groups excluding carboxylic acids is 2. The van der Waals surface area contributed by atoms with Gasteiger partial charge in [0.2, 0.25) is 5.91 Å². The molecule has 1 N–H and O–H groups in total. The number of hydrogen-bond donors (Lipinski definition) is 1. The zero-order valence-corrected chi connectivity index (χ0v) is 13.4. The third-order valence-corrected chi connectivity index (χ3v) is 5.10. The molecule has 0 unspecified atom stereocenters. The molecule has 0 aromatic carbocycles. The van der Waals surface area contributed by atoms with Gasteiger partial charge in [0.15, 0.2) is 0 Å². The number of ether oxygens (including phenoxy) is 1. The van der Waals surface area contributed by atoms with Crippen LogP contribution in [0.25, 0.3) is 0 Å². The Morgan fingerprint density at radius 1 is 1.62 bits per heavy atom. The van der Waals surface area contributed by atoms with Gasteiger partial charge in [-0.05, 0) is 12.7 Å². The lowest BCUT2D eigenvalue weighted by Crippen LogP contribution is -2.63. The molecule has 5 nitrogen and oxygen atoms in total. The van der Waals surface area contributed by atoms with Crippen molar-refractivity contribution in [3.8, 4) is 0 Å². The molecule has 0 bridgehead atoms. The fourth-order valence-corrected chi connectivity index (χ4v) is 4.10. The standard InChI is InChI=1S/C15H21NO4S/c1-5-7-20-15(19)12-13(21-6-2)8(3)11-10(9(4)17)14(18)16(11)12/h5,8-11,17H,1,6-7H2,2-4H3/t8-,9+,10-,11-/m1/s1. The van der Waals surface area contributed by atoms with Gasteiger partial charge in [0, 0.05) is 10.8 Å². The van der Waals surface area contributed by atoms with Gasteiger partial charge in [0.05, 0.1) is 18.1 Å². The zero-order chi connectivity index (χ0) is 15.7. The Morgan fingerprint density at radius 3 is 2.81 bits per heavy atom. The Balaban J connectivity index is 2.32. The van der Waals surface area contributed by atoms with Crippen LogP contribution in [0.2, 0.25) is 0 Å². The quantitative estimate of drug-likeness (QED) is 0.458. The highest BCUT2D eigenvalue weighted by Gasteiger charge is 2.60. The molecule has 1 fully saturated rings. The Labute approximate surface area is 129 Å². The summed E-state index contributed by atoms with van der Waals surface area (Å²) in [6.45, 7) is 9.24. The number of β-lactam (4-membered cyclic amide) rings is 1. The largest absolute Gasteiger partial charge is 0.457 e. The Kier molecular flexibility index (Phi) is 4.78. The van der Waals surface area contributed by atoms with Crippen LogP contribution in [0, 0.1) is 11.8 Å². The van der Waals surface area contributed by atoms with E-state index in [4.69, 9.17) is 4.74 Å². The highest BCUT2D eigenvalue weighted by molar-refractivity contribution is 8.03. The predicted molar refractivity (Wildman–Crippen MR) is 81.3 cm³/mol. The first-order valence-corrected chi connectivity index (χ1v) is 8.10. The lowest BCUT2D eigenvalue weighted by Gasteiger charge is -2.46. The Bertz CT molecular complexity index is 500. The number of esters is 1.